The molecule has 1 aliphatic heterocycles. The average Bonchev–Trinajstić information content (AvgIpc) is 3.08. The molecule has 1 heterocycles. The Morgan fingerprint density at radius 3 is 2.71 bits per heavy atom. The van der Waals surface area contributed by atoms with Gasteiger partial charge in [-0.25, -0.2) is 0 Å². The van der Waals surface area contributed by atoms with Gasteiger partial charge in [0.1, 0.15) is 12.4 Å². The molecule has 6 heteroatoms. The number of benzene rings is 2. The van der Waals surface area contributed by atoms with Crippen LogP contribution in [0.3, 0.4) is 0 Å². The number of hydrogen-bond donors (Lipinski definition) is 2. The molecular formula is C22H27N3O2S. The zero-order valence-corrected chi connectivity index (χ0v) is 17.4. The van der Waals surface area contributed by atoms with Crippen LogP contribution in [0.1, 0.15) is 30.9 Å². The summed E-state index contributed by atoms with van der Waals surface area (Å²) in [7, 11) is 0. The Balaban J connectivity index is 1.55. The third kappa shape index (κ3) is 5.01. The maximum absolute atomic E-state index is 12.1. The van der Waals surface area contributed by atoms with Crippen LogP contribution in [0.4, 0.5) is 11.4 Å². The van der Waals surface area contributed by atoms with E-state index in [4.69, 9.17) is 17.0 Å². The van der Waals surface area contributed by atoms with Crippen LogP contribution in [0, 0.1) is 13.8 Å². The van der Waals surface area contributed by atoms with Crippen LogP contribution in [0.5, 0.6) is 5.75 Å². The Morgan fingerprint density at radius 1 is 1.21 bits per heavy atom. The summed E-state index contributed by atoms with van der Waals surface area (Å²) >= 11 is 5.44. The molecule has 3 rings (SSSR count). The summed E-state index contributed by atoms with van der Waals surface area (Å²) in [5.74, 6) is 1.07. The second kappa shape index (κ2) is 9.06. The van der Waals surface area contributed by atoms with Gasteiger partial charge in [0.05, 0.1) is 6.04 Å². The average molecular weight is 398 g/mol. The van der Waals surface area contributed by atoms with Gasteiger partial charge < -0.3 is 20.3 Å². The summed E-state index contributed by atoms with van der Waals surface area (Å²) in [6.45, 7) is 7.36. The van der Waals surface area contributed by atoms with Gasteiger partial charge in [0.2, 0.25) is 5.91 Å². The number of nitrogens with zero attached hydrogens (tertiary/aromatic N) is 1. The molecule has 1 amide bonds. The molecule has 28 heavy (non-hydrogen) atoms. The highest BCUT2D eigenvalue weighted by atomic mass is 32.1. The summed E-state index contributed by atoms with van der Waals surface area (Å²) in [4.78, 5) is 13.9. The molecule has 1 saturated heterocycles. The first-order valence-electron chi connectivity index (χ1n) is 9.61. The molecular weight excluding hydrogens is 370 g/mol. The first-order valence-corrected chi connectivity index (χ1v) is 10.0. The number of carbonyl (C=O) groups is 1. The molecule has 2 N–H and O–H groups in total. The molecule has 1 fully saturated rings. The van der Waals surface area contributed by atoms with Crippen LogP contribution in [-0.2, 0) is 4.79 Å². The minimum Gasteiger partial charge on any atom is -0.491 e. The highest BCUT2D eigenvalue weighted by Gasteiger charge is 2.23. The van der Waals surface area contributed by atoms with Gasteiger partial charge in [-0.05, 0) is 68.7 Å². The number of rotatable bonds is 6. The van der Waals surface area contributed by atoms with Gasteiger partial charge in [-0.3, -0.25) is 4.79 Å². The van der Waals surface area contributed by atoms with Crippen molar-refractivity contribution < 1.29 is 9.53 Å². The van der Waals surface area contributed by atoms with Gasteiger partial charge in [0, 0.05) is 24.3 Å². The Morgan fingerprint density at radius 2 is 2.00 bits per heavy atom. The summed E-state index contributed by atoms with van der Waals surface area (Å²) in [5, 5.41) is 6.99. The molecule has 0 bridgehead atoms. The number of aryl methyl sites for hydroxylation is 2. The van der Waals surface area contributed by atoms with Crippen molar-refractivity contribution in [2.45, 2.75) is 39.7 Å². The zero-order chi connectivity index (χ0) is 20.1. The topological polar surface area (TPSA) is 53.6 Å². The van der Waals surface area contributed by atoms with E-state index in [0.717, 1.165) is 41.2 Å². The van der Waals surface area contributed by atoms with Crippen LogP contribution in [-0.4, -0.2) is 30.2 Å². The fourth-order valence-electron chi connectivity index (χ4n) is 3.25. The molecule has 0 aromatic heterocycles. The summed E-state index contributed by atoms with van der Waals surface area (Å²) in [6.07, 6.45) is 1.53. The lowest BCUT2D eigenvalue weighted by molar-refractivity contribution is -0.117. The molecule has 5 nitrogen and oxygen atoms in total. The van der Waals surface area contributed by atoms with Crippen LogP contribution in [0.2, 0.25) is 0 Å². The van der Waals surface area contributed by atoms with Gasteiger partial charge in [-0.15, -0.1) is 0 Å². The number of ether oxygens (including phenoxy) is 1. The molecule has 0 unspecified atom stereocenters. The second-order valence-corrected chi connectivity index (χ2v) is 7.63. The van der Waals surface area contributed by atoms with E-state index in [1.54, 1.807) is 0 Å². The van der Waals surface area contributed by atoms with Crippen molar-refractivity contribution in [1.29, 1.82) is 0 Å². The fourth-order valence-corrected chi connectivity index (χ4v) is 3.57. The number of anilines is 2. The van der Waals surface area contributed by atoms with Gasteiger partial charge in [0.25, 0.3) is 0 Å². The van der Waals surface area contributed by atoms with E-state index in [-0.39, 0.29) is 11.9 Å². The summed E-state index contributed by atoms with van der Waals surface area (Å²) in [5.41, 5.74) is 4.01. The maximum Gasteiger partial charge on any atom is 0.227 e. The van der Waals surface area contributed by atoms with Crippen molar-refractivity contribution in [3.63, 3.8) is 0 Å². The molecule has 1 atom stereocenters. The van der Waals surface area contributed by atoms with E-state index in [1.165, 1.54) is 0 Å². The Hall–Kier alpha value is -2.60. The highest BCUT2D eigenvalue weighted by molar-refractivity contribution is 7.80. The molecule has 0 spiro atoms. The lowest BCUT2D eigenvalue weighted by Crippen LogP contribution is -2.39. The Bertz CT molecular complexity index is 869. The number of hydrogen-bond acceptors (Lipinski definition) is 3. The van der Waals surface area contributed by atoms with E-state index >= 15 is 0 Å². The monoisotopic (exact) mass is 397 g/mol. The van der Waals surface area contributed by atoms with Gasteiger partial charge in [-0.1, -0.05) is 24.3 Å². The van der Waals surface area contributed by atoms with Crippen LogP contribution < -0.4 is 20.3 Å². The lowest BCUT2D eigenvalue weighted by atomic mass is 10.1. The summed E-state index contributed by atoms with van der Waals surface area (Å²) in [6, 6.07) is 14.0. The van der Waals surface area contributed by atoms with Crippen molar-refractivity contribution in [2.75, 3.05) is 23.4 Å². The Kier molecular flexibility index (Phi) is 6.52. The molecule has 2 aromatic carbocycles. The van der Waals surface area contributed by atoms with Crippen molar-refractivity contribution in [3.05, 3.63) is 53.6 Å². The highest BCUT2D eigenvalue weighted by Crippen LogP contribution is 2.28. The third-order valence-electron chi connectivity index (χ3n) is 4.79. The Labute approximate surface area is 172 Å². The number of para-hydroxylation sites is 1. The SMILES string of the molecule is Cc1ccccc1OC[C@H](C)NC(=S)Nc1ccc(C)c(N2CCCC2=O)c1. The van der Waals surface area contributed by atoms with Crippen molar-refractivity contribution >= 4 is 34.6 Å². The first-order chi connectivity index (χ1) is 13.4. The van der Waals surface area contributed by atoms with Crippen LogP contribution in [0.25, 0.3) is 0 Å². The predicted octanol–water partition coefficient (Wildman–Crippen LogP) is 4.18. The molecule has 148 valence electrons. The van der Waals surface area contributed by atoms with Gasteiger partial charge >= 0.3 is 0 Å². The number of carbonyl (C=O) groups excluding carboxylic acids is 1. The smallest absolute Gasteiger partial charge is 0.227 e. The molecule has 0 aliphatic carbocycles. The normalized spacial score (nSPS) is 14.7. The van der Waals surface area contributed by atoms with E-state index in [0.29, 0.717) is 18.1 Å². The molecule has 0 radical (unpaired) electrons. The van der Waals surface area contributed by atoms with Crippen LogP contribution in [0.15, 0.2) is 42.5 Å². The predicted molar refractivity (Wildman–Crippen MR) is 118 cm³/mol. The number of nitrogens with one attached hydrogen (secondary N) is 2. The van der Waals surface area contributed by atoms with Crippen molar-refractivity contribution in [2.24, 2.45) is 0 Å². The first kappa shape index (κ1) is 20.1. The van der Waals surface area contributed by atoms with Crippen molar-refractivity contribution in [3.8, 4) is 5.75 Å². The fraction of sp³-hybridized carbons (Fsp3) is 0.364. The number of thiocarbonyl (C=S) groups is 1. The van der Waals surface area contributed by atoms with Gasteiger partial charge in [0.15, 0.2) is 5.11 Å². The van der Waals surface area contributed by atoms with Crippen LogP contribution >= 0.6 is 12.2 Å². The largest absolute Gasteiger partial charge is 0.491 e. The molecule has 2 aromatic rings. The molecule has 1 aliphatic rings. The van der Waals surface area contributed by atoms with E-state index in [2.05, 4.69) is 10.6 Å². The quantitative estimate of drug-likeness (QED) is 0.716. The van der Waals surface area contributed by atoms with E-state index in [1.807, 2.05) is 68.1 Å². The zero-order valence-electron chi connectivity index (χ0n) is 16.6. The molecule has 0 saturated carbocycles. The minimum atomic E-state index is 0.0460. The maximum atomic E-state index is 12.1. The van der Waals surface area contributed by atoms with E-state index in [9.17, 15) is 4.79 Å². The van der Waals surface area contributed by atoms with Gasteiger partial charge in [-0.2, -0.15) is 0 Å². The van der Waals surface area contributed by atoms with Crippen molar-refractivity contribution in [1.82, 2.24) is 5.32 Å². The minimum absolute atomic E-state index is 0.0460. The number of amides is 1. The van der Waals surface area contributed by atoms with E-state index < -0.39 is 0 Å². The third-order valence-corrected chi connectivity index (χ3v) is 5.01. The summed E-state index contributed by atoms with van der Waals surface area (Å²) < 4.78 is 5.87. The second-order valence-electron chi connectivity index (χ2n) is 7.23. The lowest BCUT2D eigenvalue weighted by Gasteiger charge is -2.21. The standard InChI is InChI=1S/C22H27N3O2S/c1-15-10-11-18(13-19(15)25-12-6-9-21(25)26)24-22(28)23-17(3)14-27-20-8-5-4-7-16(20)2/h4-5,7-8,10-11,13,17H,6,9,12,14H2,1-3H3,(H2,23,24,28)/t17-/m0/s1.